The van der Waals surface area contributed by atoms with Gasteiger partial charge in [-0.3, -0.25) is 0 Å². The maximum atomic E-state index is 5.66. The van der Waals surface area contributed by atoms with Gasteiger partial charge in [0.05, 0.1) is 59.5 Å². The van der Waals surface area contributed by atoms with Crippen molar-refractivity contribution in [2.45, 2.75) is 19.6 Å². The Kier molecular flexibility index (Phi) is 13.9. The van der Waals surface area contributed by atoms with Gasteiger partial charge in [0.2, 0.25) is 0 Å². The highest BCUT2D eigenvalue weighted by Crippen LogP contribution is 2.01. The zero-order chi connectivity index (χ0) is 15.1. The first-order valence-corrected chi connectivity index (χ1v) is 10.6. The van der Waals surface area contributed by atoms with E-state index in [1.165, 1.54) is 0 Å². The zero-order valence-corrected chi connectivity index (χ0v) is 14.2. The second-order valence-corrected chi connectivity index (χ2v) is 9.71. The summed E-state index contributed by atoms with van der Waals surface area (Å²) in [4.78, 5) is 0. The maximum Gasteiger partial charge on any atom is 0.183 e. The average molecular weight is 309 g/mol. The van der Waals surface area contributed by atoms with E-state index >= 15 is 0 Å². The van der Waals surface area contributed by atoms with Crippen LogP contribution in [0.1, 0.15) is 0 Å². The Balaban J connectivity index is 2.99. The summed E-state index contributed by atoms with van der Waals surface area (Å²) in [5.74, 6) is 0. The van der Waals surface area contributed by atoms with Crippen LogP contribution >= 0.6 is 0 Å². The Morgan fingerprint density at radius 1 is 0.600 bits per heavy atom. The number of hydrogen-bond donors (Lipinski definition) is 1. The molecule has 0 aliphatic heterocycles. The number of rotatable bonds is 15. The molecule has 0 atom stereocenters. The molecule has 0 aliphatic carbocycles. The normalized spacial score (nSPS) is 12.0. The summed E-state index contributed by atoms with van der Waals surface area (Å²) in [6.07, 6.45) is 0. The largest absolute Gasteiger partial charge is 0.415 e. The predicted molar refractivity (Wildman–Crippen MR) is 81.6 cm³/mol. The van der Waals surface area contributed by atoms with Crippen molar-refractivity contribution in [1.29, 1.82) is 0 Å². The van der Waals surface area contributed by atoms with Gasteiger partial charge in [0.25, 0.3) is 0 Å². The molecule has 20 heavy (non-hydrogen) atoms. The molecule has 0 fully saturated rings. The van der Waals surface area contributed by atoms with Gasteiger partial charge in [-0.2, -0.15) is 0 Å². The van der Waals surface area contributed by atoms with Gasteiger partial charge in [-0.05, 0) is 19.6 Å². The van der Waals surface area contributed by atoms with Crippen molar-refractivity contribution in [3.63, 3.8) is 0 Å². The Morgan fingerprint density at radius 3 is 1.30 bits per heavy atom. The summed E-state index contributed by atoms with van der Waals surface area (Å²) < 4.78 is 26.9. The molecule has 7 heteroatoms. The minimum atomic E-state index is -1.40. The van der Waals surface area contributed by atoms with Crippen LogP contribution in [0.15, 0.2) is 0 Å². The summed E-state index contributed by atoms with van der Waals surface area (Å²) in [5, 5.41) is 0. The van der Waals surface area contributed by atoms with Gasteiger partial charge in [0.1, 0.15) is 0 Å². The summed E-state index contributed by atoms with van der Waals surface area (Å²) in [7, 11) is -1.40. The molecule has 0 heterocycles. The highest BCUT2D eigenvalue weighted by atomic mass is 28.4. The average Bonchev–Trinajstić information content (AvgIpc) is 2.38. The number of nitrogens with two attached hydrogens (primary N) is 1. The molecule has 0 aromatic rings. The summed E-state index contributed by atoms with van der Waals surface area (Å²) >= 11 is 0. The minimum Gasteiger partial charge on any atom is -0.415 e. The molecule has 0 amide bonds. The van der Waals surface area contributed by atoms with E-state index in [0.29, 0.717) is 66.0 Å². The fraction of sp³-hybridized carbons (Fsp3) is 1.00. The molecule has 0 unspecified atom stereocenters. The third kappa shape index (κ3) is 18.0. The van der Waals surface area contributed by atoms with Crippen LogP contribution in [-0.2, 0) is 23.4 Å². The van der Waals surface area contributed by atoms with E-state index in [9.17, 15) is 0 Å². The lowest BCUT2D eigenvalue weighted by Crippen LogP contribution is -2.27. The standard InChI is InChI=1S/C13H31NO5Si/c1-20(2,3)19-13-12-18-11-10-17-9-8-16-7-6-15-5-4-14/h4-14H2,1-3H3. The Bertz CT molecular complexity index is 202. The lowest BCUT2D eigenvalue weighted by molar-refractivity contribution is -0.00412. The van der Waals surface area contributed by atoms with Gasteiger partial charge in [0.15, 0.2) is 8.32 Å². The first-order chi connectivity index (χ1) is 9.56. The Labute approximate surface area is 124 Å². The van der Waals surface area contributed by atoms with Crippen LogP contribution in [0.5, 0.6) is 0 Å². The van der Waals surface area contributed by atoms with Crippen molar-refractivity contribution < 1.29 is 23.4 Å². The number of ether oxygens (including phenoxy) is 4. The highest BCUT2D eigenvalue weighted by Gasteiger charge is 2.12. The van der Waals surface area contributed by atoms with E-state index in [1.54, 1.807) is 0 Å². The fourth-order valence-electron chi connectivity index (χ4n) is 1.25. The molecule has 0 aromatic heterocycles. The van der Waals surface area contributed by atoms with Crippen molar-refractivity contribution in [1.82, 2.24) is 0 Å². The Hall–Kier alpha value is -0.0231. The van der Waals surface area contributed by atoms with E-state index in [2.05, 4.69) is 19.6 Å². The third-order valence-corrected chi connectivity index (χ3v) is 3.21. The monoisotopic (exact) mass is 309 g/mol. The molecule has 0 spiro atoms. The lowest BCUT2D eigenvalue weighted by atomic mass is 10.7. The molecule has 0 aromatic carbocycles. The van der Waals surface area contributed by atoms with E-state index in [1.807, 2.05) is 0 Å². The quantitative estimate of drug-likeness (QED) is 0.357. The molecule has 122 valence electrons. The van der Waals surface area contributed by atoms with E-state index in [0.717, 1.165) is 0 Å². The van der Waals surface area contributed by atoms with Crippen molar-refractivity contribution in [3.8, 4) is 0 Å². The van der Waals surface area contributed by atoms with Gasteiger partial charge >= 0.3 is 0 Å². The lowest BCUT2D eigenvalue weighted by Gasteiger charge is -2.16. The van der Waals surface area contributed by atoms with E-state index < -0.39 is 8.32 Å². The molecule has 6 nitrogen and oxygen atoms in total. The summed E-state index contributed by atoms with van der Waals surface area (Å²) in [6.45, 7) is 12.4. The van der Waals surface area contributed by atoms with Crippen LogP contribution < -0.4 is 5.73 Å². The number of hydrogen-bond acceptors (Lipinski definition) is 6. The van der Waals surface area contributed by atoms with Crippen molar-refractivity contribution in [3.05, 3.63) is 0 Å². The first-order valence-electron chi connectivity index (χ1n) is 7.21. The highest BCUT2D eigenvalue weighted by molar-refractivity contribution is 6.69. The van der Waals surface area contributed by atoms with Crippen molar-refractivity contribution in [2.75, 3.05) is 66.0 Å². The third-order valence-electron chi connectivity index (χ3n) is 2.14. The SMILES string of the molecule is C[Si](C)(C)OCCOCCOCCOCCOCCN. The predicted octanol–water partition coefficient (Wildman–Crippen LogP) is 0.863. The maximum absolute atomic E-state index is 5.66. The molecule has 0 rings (SSSR count). The van der Waals surface area contributed by atoms with E-state index in [-0.39, 0.29) is 0 Å². The molecular formula is C13H31NO5Si. The van der Waals surface area contributed by atoms with Crippen molar-refractivity contribution >= 4 is 8.32 Å². The molecule has 0 bridgehead atoms. The van der Waals surface area contributed by atoms with E-state index in [4.69, 9.17) is 29.1 Å². The van der Waals surface area contributed by atoms with Gasteiger partial charge in [-0.1, -0.05) is 0 Å². The minimum absolute atomic E-state index is 0.548. The molecule has 2 N–H and O–H groups in total. The van der Waals surface area contributed by atoms with Crippen molar-refractivity contribution in [2.24, 2.45) is 5.73 Å². The van der Waals surface area contributed by atoms with Gasteiger partial charge in [-0.15, -0.1) is 0 Å². The molecule has 0 aliphatic rings. The summed E-state index contributed by atoms with van der Waals surface area (Å²) in [5.41, 5.74) is 5.29. The molecule has 0 saturated carbocycles. The molecule has 0 radical (unpaired) electrons. The zero-order valence-electron chi connectivity index (χ0n) is 13.2. The fourth-order valence-corrected chi connectivity index (χ4v) is 1.95. The van der Waals surface area contributed by atoms with Gasteiger partial charge in [-0.25, -0.2) is 0 Å². The first kappa shape index (κ1) is 20.0. The summed E-state index contributed by atoms with van der Waals surface area (Å²) in [6, 6.07) is 0. The van der Waals surface area contributed by atoms with Crippen LogP contribution in [0.25, 0.3) is 0 Å². The Morgan fingerprint density at radius 2 is 0.950 bits per heavy atom. The topological polar surface area (TPSA) is 72.2 Å². The van der Waals surface area contributed by atoms with Crippen LogP contribution in [0.3, 0.4) is 0 Å². The molecular weight excluding hydrogens is 278 g/mol. The van der Waals surface area contributed by atoms with Crippen LogP contribution in [-0.4, -0.2) is 74.3 Å². The van der Waals surface area contributed by atoms with Crippen LogP contribution in [0, 0.1) is 0 Å². The molecule has 0 saturated heterocycles. The van der Waals surface area contributed by atoms with Crippen LogP contribution in [0.4, 0.5) is 0 Å². The van der Waals surface area contributed by atoms with Gasteiger partial charge < -0.3 is 29.1 Å². The smallest absolute Gasteiger partial charge is 0.183 e. The second-order valence-electron chi connectivity index (χ2n) is 5.20. The van der Waals surface area contributed by atoms with Crippen LogP contribution in [0.2, 0.25) is 19.6 Å². The second kappa shape index (κ2) is 13.9. The van der Waals surface area contributed by atoms with Gasteiger partial charge in [0, 0.05) is 6.54 Å².